The Labute approximate surface area is 210 Å². The highest BCUT2D eigenvalue weighted by molar-refractivity contribution is 6.01. The van der Waals surface area contributed by atoms with Gasteiger partial charge in [0.15, 0.2) is 5.69 Å². The highest BCUT2D eigenvalue weighted by Gasteiger charge is 2.48. The van der Waals surface area contributed by atoms with Crippen LogP contribution in [0.2, 0.25) is 0 Å². The lowest BCUT2D eigenvalue weighted by atomic mass is 9.94. The predicted octanol–water partition coefficient (Wildman–Crippen LogP) is 3.11. The van der Waals surface area contributed by atoms with E-state index in [1.165, 1.54) is 15.6 Å². The number of nitrogens with zero attached hydrogens (tertiary/aromatic N) is 3. The molecule has 1 aliphatic rings. The normalized spacial score (nSPS) is 16.9. The molecule has 0 bridgehead atoms. The molecule has 0 saturated carbocycles. The van der Waals surface area contributed by atoms with E-state index in [1.54, 1.807) is 21.0 Å². The molecule has 0 aliphatic carbocycles. The average Bonchev–Trinajstić information content (AvgIpc) is 3.30. The fourth-order valence-electron chi connectivity index (χ4n) is 4.23. The van der Waals surface area contributed by atoms with Crippen molar-refractivity contribution in [1.82, 2.24) is 20.0 Å². The third-order valence-electron chi connectivity index (χ3n) is 6.32. The summed E-state index contributed by atoms with van der Waals surface area (Å²) in [4.78, 5) is 41.1. The molecule has 9 nitrogen and oxygen atoms in total. The smallest absolute Gasteiger partial charge is 0.358 e. The SMILES string of the molecule is CCOC(=O)c1cc2n(n1)C[C@](C)(C(=O)NCc1ccc(C)cc1)N(Cc1cccc(OC)c1)C2=O. The molecule has 1 N–H and O–H groups in total. The van der Waals surface area contributed by atoms with Gasteiger partial charge in [0.25, 0.3) is 5.91 Å². The van der Waals surface area contributed by atoms with Gasteiger partial charge in [-0.3, -0.25) is 14.3 Å². The summed E-state index contributed by atoms with van der Waals surface area (Å²) in [5.74, 6) is -0.688. The van der Waals surface area contributed by atoms with Crippen molar-refractivity contribution in [3.63, 3.8) is 0 Å². The van der Waals surface area contributed by atoms with Crippen LogP contribution < -0.4 is 10.1 Å². The highest BCUT2D eigenvalue weighted by Crippen LogP contribution is 2.30. The van der Waals surface area contributed by atoms with Gasteiger partial charge in [0.2, 0.25) is 5.91 Å². The number of hydrogen-bond acceptors (Lipinski definition) is 6. The maximum absolute atomic E-state index is 13.7. The number of methoxy groups -OCH3 is 1. The van der Waals surface area contributed by atoms with Crippen molar-refractivity contribution < 1.29 is 23.9 Å². The molecule has 0 unspecified atom stereocenters. The lowest BCUT2D eigenvalue weighted by molar-refractivity contribution is -0.133. The van der Waals surface area contributed by atoms with Gasteiger partial charge in [0, 0.05) is 19.2 Å². The van der Waals surface area contributed by atoms with Gasteiger partial charge in [-0.15, -0.1) is 0 Å². The minimum absolute atomic E-state index is 0.0332. The van der Waals surface area contributed by atoms with Gasteiger partial charge < -0.3 is 19.7 Å². The minimum Gasteiger partial charge on any atom is -0.497 e. The predicted molar refractivity (Wildman–Crippen MR) is 132 cm³/mol. The van der Waals surface area contributed by atoms with Gasteiger partial charge in [-0.25, -0.2) is 4.79 Å². The molecule has 188 valence electrons. The quantitative estimate of drug-likeness (QED) is 0.487. The molecule has 0 fully saturated rings. The highest BCUT2D eigenvalue weighted by atomic mass is 16.5. The monoisotopic (exact) mass is 490 g/mol. The molecule has 2 aromatic carbocycles. The van der Waals surface area contributed by atoms with Gasteiger partial charge in [0.1, 0.15) is 17.0 Å². The number of ether oxygens (including phenoxy) is 2. The fraction of sp³-hybridized carbons (Fsp3) is 0.333. The minimum atomic E-state index is -1.27. The number of hydrogen-bond donors (Lipinski definition) is 1. The molecule has 1 aliphatic heterocycles. The largest absolute Gasteiger partial charge is 0.497 e. The Bertz CT molecular complexity index is 1280. The zero-order valence-electron chi connectivity index (χ0n) is 20.9. The van der Waals surface area contributed by atoms with Gasteiger partial charge in [-0.2, -0.15) is 5.10 Å². The zero-order chi connectivity index (χ0) is 25.9. The second-order valence-electron chi connectivity index (χ2n) is 8.98. The Morgan fingerprint density at radius 3 is 2.56 bits per heavy atom. The van der Waals surface area contributed by atoms with Gasteiger partial charge in [-0.05, 0) is 44.0 Å². The summed E-state index contributed by atoms with van der Waals surface area (Å²) >= 11 is 0. The van der Waals surface area contributed by atoms with E-state index in [0.717, 1.165) is 16.7 Å². The first-order valence-electron chi connectivity index (χ1n) is 11.8. The standard InChI is InChI=1S/C27H30N4O5/c1-5-36-25(33)22-14-23-24(32)30(16-20-7-6-8-21(13-20)35-4)27(3,17-31(23)29-22)26(34)28-15-19-11-9-18(2)10-12-19/h6-14H,5,15-17H2,1-4H3,(H,28,34)/t27-/m1/s1. The van der Waals surface area contributed by atoms with Crippen LogP contribution in [0, 0.1) is 6.92 Å². The number of nitrogens with one attached hydrogen (secondary N) is 1. The van der Waals surface area contributed by atoms with E-state index in [2.05, 4.69) is 10.4 Å². The van der Waals surface area contributed by atoms with Crippen molar-refractivity contribution in [3.05, 3.63) is 82.7 Å². The Morgan fingerprint density at radius 2 is 1.86 bits per heavy atom. The van der Waals surface area contributed by atoms with E-state index in [4.69, 9.17) is 9.47 Å². The van der Waals surface area contributed by atoms with Crippen LogP contribution in [-0.4, -0.2) is 51.7 Å². The molecule has 2 heterocycles. The van der Waals surface area contributed by atoms with Crippen LogP contribution in [0.4, 0.5) is 0 Å². The molecule has 4 rings (SSSR count). The molecule has 2 amide bonds. The van der Waals surface area contributed by atoms with Gasteiger partial charge in [0.05, 0.1) is 20.3 Å². The van der Waals surface area contributed by atoms with Crippen molar-refractivity contribution in [3.8, 4) is 5.75 Å². The molecule has 3 aromatic rings. The Balaban J connectivity index is 1.67. The van der Waals surface area contributed by atoms with E-state index in [9.17, 15) is 14.4 Å². The summed E-state index contributed by atoms with van der Waals surface area (Å²) in [6.45, 7) is 6.17. The van der Waals surface area contributed by atoms with Crippen molar-refractivity contribution in [2.45, 2.75) is 45.9 Å². The third kappa shape index (κ3) is 4.95. The van der Waals surface area contributed by atoms with E-state index in [1.807, 2.05) is 55.5 Å². The maximum atomic E-state index is 13.7. The van der Waals surface area contributed by atoms with Crippen molar-refractivity contribution in [2.75, 3.05) is 13.7 Å². The fourth-order valence-corrected chi connectivity index (χ4v) is 4.23. The second-order valence-corrected chi connectivity index (χ2v) is 8.98. The molecule has 0 radical (unpaired) electrons. The van der Waals surface area contributed by atoms with E-state index in [-0.39, 0.29) is 37.0 Å². The van der Waals surface area contributed by atoms with Crippen LogP contribution >= 0.6 is 0 Å². The summed E-state index contributed by atoms with van der Waals surface area (Å²) in [5.41, 5.74) is 1.87. The van der Waals surface area contributed by atoms with Gasteiger partial charge >= 0.3 is 5.97 Å². The van der Waals surface area contributed by atoms with Crippen LogP contribution in [0.5, 0.6) is 5.75 Å². The van der Waals surface area contributed by atoms with E-state index < -0.39 is 17.4 Å². The summed E-state index contributed by atoms with van der Waals surface area (Å²) in [7, 11) is 1.57. The number of carbonyl (C=O) groups excluding carboxylic acids is 3. The summed E-state index contributed by atoms with van der Waals surface area (Å²) in [6.07, 6.45) is 0. The number of carbonyl (C=O) groups is 3. The van der Waals surface area contributed by atoms with Crippen LogP contribution in [0.1, 0.15) is 51.5 Å². The molecule has 0 spiro atoms. The Kier molecular flexibility index (Phi) is 7.10. The molecule has 1 atom stereocenters. The summed E-state index contributed by atoms with van der Waals surface area (Å²) in [6, 6.07) is 16.6. The second kappa shape index (κ2) is 10.2. The first-order valence-corrected chi connectivity index (χ1v) is 11.8. The molecular formula is C27H30N4O5. The number of benzene rings is 2. The van der Waals surface area contributed by atoms with Crippen LogP contribution in [0.25, 0.3) is 0 Å². The van der Waals surface area contributed by atoms with Crippen LogP contribution in [0.15, 0.2) is 54.6 Å². The van der Waals surface area contributed by atoms with Crippen LogP contribution in [0.3, 0.4) is 0 Å². The molecule has 1 aromatic heterocycles. The van der Waals surface area contributed by atoms with E-state index >= 15 is 0 Å². The molecule has 0 saturated heterocycles. The van der Waals surface area contributed by atoms with E-state index in [0.29, 0.717) is 12.3 Å². The zero-order valence-corrected chi connectivity index (χ0v) is 20.9. The number of esters is 1. The molecular weight excluding hydrogens is 460 g/mol. The first-order chi connectivity index (χ1) is 17.2. The summed E-state index contributed by atoms with van der Waals surface area (Å²) in [5, 5.41) is 7.27. The number of amides is 2. The maximum Gasteiger partial charge on any atom is 0.358 e. The Hall–Kier alpha value is -4.14. The average molecular weight is 491 g/mol. The number of aryl methyl sites for hydroxylation is 1. The van der Waals surface area contributed by atoms with Crippen molar-refractivity contribution in [1.29, 1.82) is 0 Å². The Morgan fingerprint density at radius 1 is 1.11 bits per heavy atom. The topological polar surface area (TPSA) is 103 Å². The number of rotatable bonds is 8. The summed E-state index contributed by atoms with van der Waals surface area (Å²) < 4.78 is 11.8. The van der Waals surface area contributed by atoms with Crippen molar-refractivity contribution >= 4 is 17.8 Å². The number of fused-ring (bicyclic) bond motifs is 1. The molecule has 36 heavy (non-hydrogen) atoms. The first kappa shape index (κ1) is 25.0. The lowest BCUT2D eigenvalue weighted by Gasteiger charge is -2.43. The number of aromatic nitrogens is 2. The molecule has 9 heteroatoms. The van der Waals surface area contributed by atoms with Crippen molar-refractivity contribution in [2.24, 2.45) is 0 Å². The van der Waals surface area contributed by atoms with Gasteiger partial charge in [-0.1, -0.05) is 42.0 Å². The lowest BCUT2D eigenvalue weighted by Crippen LogP contribution is -2.63. The van der Waals surface area contributed by atoms with Crippen LogP contribution in [-0.2, 0) is 29.2 Å². The third-order valence-corrected chi connectivity index (χ3v) is 6.32.